The van der Waals surface area contributed by atoms with Gasteiger partial charge in [-0.3, -0.25) is 19.1 Å². The van der Waals surface area contributed by atoms with E-state index < -0.39 is 11.2 Å². The molecule has 0 spiro atoms. The number of aromatic amines is 2. The van der Waals surface area contributed by atoms with E-state index in [0.29, 0.717) is 29.5 Å². The van der Waals surface area contributed by atoms with Crippen molar-refractivity contribution in [1.82, 2.24) is 24.8 Å². The number of ether oxygens (including phenoxy) is 1. The molecule has 0 fully saturated rings. The van der Waals surface area contributed by atoms with Crippen LogP contribution in [-0.4, -0.2) is 32.0 Å². The number of H-pyrrole nitrogens is 2. The van der Waals surface area contributed by atoms with Crippen molar-refractivity contribution >= 4 is 28.0 Å². The van der Waals surface area contributed by atoms with Crippen LogP contribution in [0.15, 0.2) is 38.3 Å². The molecule has 4 rings (SSSR count). The lowest BCUT2D eigenvalue weighted by Gasteiger charge is -2.11. The largest absolute Gasteiger partial charge is 0.490 e. The van der Waals surface area contributed by atoms with E-state index in [1.165, 1.54) is 11.6 Å². The molecule has 0 bridgehead atoms. The maximum Gasteiger partial charge on any atom is 0.329 e. The summed E-state index contributed by atoms with van der Waals surface area (Å²) in [6, 6.07) is 7.21. The molecular formula is C21H23N5O5. The molecule has 4 aromatic rings. The van der Waals surface area contributed by atoms with Gasteiger partial charge >= 0.3 is 5.69 Å². The Labute approximate surface area is 176 Å². The molecule has 0 aliphatic heterocycles. The van der Waals surface area contributed by atoms with Crippen LogP contribution in [0.2, 0.25) is 0 Å². The van der Waals surface area contributed by atoms with Gasteiger partial charge < -0.3 is 19.5 Å². The number of hydrogen-bond donors (Lipinski definition) is 3. The second-order valence-electron chi connectivity index (χ2n) is 7.25. The van der Waals surface area contributed by atoms with Crippen LogP contribution in [0.4, 0.5) is 0 Å². The number of hydrogen-bond acceptors (Lipinski definition) is 6. The lowest BCUT2D eigenvalue weighted by atomic mass is 10.2. The molecule has 3 aromatic heterocycles. The molecule has 3 N–H and O–H groups in total. The van der Waals surface area contributed by atoms with E-state index in [-0.39, 0.29) is 36.0 Å². The van der Waals surface area contributed by atoms with E-state index in [0.717, 1.165) is 5.39 Å². The fourth-order valence-corrected chi connectivity index (χ4v) is 3.43. The van der Waals surface area contributed by atoms with Gasteiger partial charge in [0.2, 0.25) is 5.91 Å². The summed E-state index contributed by atoms with van der Waals surface area (Å²) < 4.78 is 12.8. The third kappa shape index (κ3) is 3.96. The zero-order valence-corrected chi connectivity index (χ0v) is 17.4. The Hall–Kier alpha value is -3.82. The highest BCUT2D eigenvalue weighted by Gasteiger charge is 2.17. The van der Waals surface area contributed by atoms with Gasteiger partial charge in [-0.15, -0.1) is 0 Å². The number of furan rings is 1. The summed E-state index contributed by atoms with van der Waals surface area (Å²) in [5.74, 6) is 1.55. The van der Waals surface area contributed by atoms with Crippen molar-refractivity contribution in [2.24, 2.45) is 7.05 Å². The monoisotopic (exact) mass is 425 g/mol. The van der Waals surface area contributed by atoms with E-state index in [9.17, 15) is 14.4 Å². The van der Waals surface area contributed by atoms with Crippen LogP contribution in [0.3, 0.4) is 0 Å². The van der Waals surface area contributed by atoms with Crippen molar-refractivity contribution < 1.29 is 13.9 Å². The smallest absolute Gasteiger partial charge is 0.329 e. The van der Waals surface area contributed by atoms with Gasteiger partial charge in [0, 0.05) is 25.3 Å². The van der Waals surface area contributed by atoms with Crippen LogP contribution in [0.5, 0.6) is 5.75 Å². The number of nitrogens with zero attached hydrogens (tertiary/aromatic N) is 2. The molecule has 1 atom stereocenters. The molecule has 1 aromatic carbocycles. The Morgan fingerprint density at radius 1 is 1.32 bits per heavy atom. The van der Waals surface area contributed by atoms with Gasteiger partial charge in [-0.2, -0.15) is 0 Å². The van der Waals surface area contributed by atoms with E-state index in [4.69, 9.17) is 9.15 Å². The highest BCUT2D eigenvalue weighted by Crippen LogP contribution is 2.31. The van der Waals surface area contributed by atoms with Crippen molar-refractivity contribution in [3.63, 3.8) is 0 Å². The van der Waals surface area contributed by atoms with Gasteiger partial charge in [-0.1, -0.05) is 12.1 Å². The van der Waals surface area contributed by atoms with Crippen molar-refractivity contribution in [2.45, 2.75) is 32.7 Å². The van der Waals surface area contributed by atoms with Crippen molar-refractivity contribution in [1.29, 1.82) is 0 Å². The molecule has 1 amide bonds. The average molecular weight is 425 g/mol. The molecule has 0 aliphatic carbocycles. The quantitative estimate of drug-likeness (QED) is 0.414. The van der Waals surface area contributed by atoms with Gasteiger partial charge in [0.1, 0.15) is 17.1 Å². The van der Waals surface area contributed by atoms with Gasteiger partial charge in [0.25, 0.3) is 5.56 Å². The number of imidazole rings is 1. The topological polar surface area (TPSA) is 135 Å². The Balaban J connectivity index is 1.44. The third-order valence-corrected chi connectivity index (χ3v) is 5.02. The van der Waals surface area contributed by atoms with E-state index in [1.54, 1.807) is 0 Å². The number of carbonyl (C=O) groups is 1. The number of aromatic nitrogens is 4. The van der Waals surface area contributed by atoms with Crippen LogP contribution < -0.4 is 21.3 Å². The molecule has 0 saturated heterocycles. The minimum absolute atomic E-state index is 0.153. The highest BCUT2D eigenvalue weighted by molar-refractivity contribution is 5.84. The molecule has 0 radical (unpaired) electrons. The Bertz CT molecular complexity index is 1380. The molecule has 10 heteroatoms. The first-order valence-electron chi connectivity index (χ1n) is 10.00. The summed E-state index contributed by atoms with van der Waals surface area (Å²) in [5, 5.41) is 3.81. The normalized spacial score (nSPS) is 12.4. The second kappa shape index (κ2) is 8.13. The fourth-order valence-electron chi connectivity index (χ4n) is 3.43. The zero-order chi connectivity index (χ0) is 22.1. The number of aryl methyl sites for hydroxylation is 2. The number of benzene rings is 1. The van der Waals surface area contributed by atoms with Crippen LogP contribution >= 0.6 is 0 Å². The molecule has 10 nitrogen and oxygen atoms in total. The van der Waals surface area contributed by atoms with E-state index in [2.05, 4.69) is 20.3 Å². The molecule has 31 heavy (non-hydrogen) atoms. The fraction of sp³-hybridized carbons (Fsp3) is 0.333. The predicted octanol–water partition coefficient (Wildman–Crippen LogP) is 1.90. The first-order valence-corrected chi connectivity index (χ1v) is 10.00. The molecule has 0 aliphatic rings. The standard InChI is InChI=1S/C21H23N5O5/c1-4-30-13-7-5-6-12-10-14(31-18(12)13)11(2)22-16(27)9-8-15-23-17-19(24-15)26(3)21(29)25-20(17)28/h5-7,10-11H,4,8-9H2,1-3H3,(H,22,27)(H,23,24)(H,25,28,29). The number of nitrogens with one attached hydrogen (secondary N) is 3. The van der Waals surface area contributed by atoms with Crippen LogP contribution in [0, 0.1) is 0 Å². The lowest BCUT2D eigenvalue weighted by molar-refractivity contribution is -0.121. The number of para-hydroxylation sites is 1. The highest BCUT2D eigenvalue weighted by atomic mass is 16.5. The number of fused-ring (bicyclic) bond motifs is 2. The van der Waals surface area contributed by atoms with Crippen molar-refractivity contribution in [3.8, 4) is 5.75 Å². The zero-order valence-electron chi connectivity index (χ0n) is 17.4. The predicted molar refractivity (Wildman–Crippen MR) is 114 cm³/mol. The Morgan fingerprint density at radius 2 is 2.13 bits per heavy atom. The first-order chi connectivity index (χ1) is 14.9. The van der Waals surface area contributed by atoms with Crippen molar-refractivity contribution in [3.05, 3.63) is 56.7 Å². The van der Waals surface area contributed by atoms with E-state index >= 15 is 0 Å². The SMILES string of the molecule is CCOc1cccc2cc(C(C)NC(=O)CCc3nc4c([nH]3)c(=O)[nH]c(=O)n4C)oc12. The minimum atomic E-state index is -0.541. The maximum atomic E-state index is 12.4. The van der Waals surface area contributed by atoms with Crippen LogP contribution in [0.25, 0.3) is 22.1 Å². The summed E-state index contributed by atoms with van der Waals surface area (Å²) in [5.41, 5.74) is 0.0356. The van der Waals surface area contributed by atoms with Crippen LogP contribution in [0.1, 0.15) is 37.9 Å². The van der Waals surface area contributed by atoms with Gasteiger partial charge in [-0.05, 0) is 26.0 Å². The Kier molecular flexibility index (Phi) is 5.37. The molecule has 1 unspecified atom stereocenters. The summed E-state index contributed by atoms with van der Waals surface area (Å²) >= 11 is 0. The second-order valence-corrected chi connectivity index (χ2v) is 7.25. The Morgan fingerprint density at radius 3 is 2.90 bits per heavy atom. The number of amides is 1. The summed E-state index contributed by atoms with van der Waals surface area (Å²) in [4.78, 5) is 45.4. The van der Waals surface area contributed by atoms with E-state index in [1.807, 2.05) is 38.1 Å². The minimum Gasteiger partial charge on any atom is -0.490 e. The third-order valence-electron chi connectivity index (χ3n) is 5.02. The van der Waals surface area contributed by atoms with Crippen LogP contribution in [-0.2, 0) is 18.3 Å². The van der Waals surface area contributed by atoms with Gasteiger partial charge in [-0.25, -0.2) is 9.78 Å². The van der Waals surface area contributed by atoms with Crippen molar-refractivity contribution in [2.75, 3.05) is 6.61 Å². The molecule has 162 valence electrons. The number of rotatable bonds is 7. The summed E-state index contributed by atoms with van der Waals surface area (Å²) in [6.45, 7) is 4.28. The average Bonchev–Trinajstić information content (AvgIpc) is 3.36. The first kappa shape index (κ1) is 20.5. The summed E-state index contributed by atoms with van der Waals surface area (Å²) in [6.07, 6.45) is 0.440. The van der Waals surface area contributed by atoms with Gasteiger partial charge in [0.15, 0.2) is 17.0 Å². The molecular weight excluding hydrogens is 402 g/mol. The maximum absolute atomic E-state index is 12.4. The molecule has 3 heterocycles. The molecule has 0 saturated carbocycles. The van der Waals surface area contributed by atoms with Gasteiger partial charge in [0.05, 0.1) is 12.6 Å². The lowest BCUT2D eigenvalue weighted by Crippen LogP contribution is -2.28. The number of carbonyl (C=O) groups excluding carboxylic acids is 1. The summed E-state index contributed by atoms with van der Waals surface area (Å²) in [7, 11) is 1.52.